The summed E-state index contributed by atoms with van der Waals surface area (Å²) in [4.78, 5) is 2.89. The van der Waals surface area contributed by atoms with Crippen molar-refractivity contribution < 1.29 is 0 Å². The summed E-state index contributed by atoms with van der Waals surface area (Å²) in [6.07, 6.45) is 1.15. The zero-order chi connectivity index (χ0) is 16.4. The molecule has 0 fully saturated rings. The second kappa shape index (κ2) is 6.72. The molecule has 3 aromatic rings. The molecule has 1 aromatic heterocycles. The van der Waals surface area contributed by atoms with Gasteiger partial charge in [-0.15, -0.1) is 11.3 Å². The van der Waals surface area contributed by atoms with Crippen molar-refractivity contribution in [1.29, 1.82) is 0 Å². The van der Waals surface area contributed by atoms with Gasteiger partial charge >= 0.3 is 0 Å². The van der Waals surface area contributed by atoms with Crippen molar-refractivity contribution in [2.24, 2.45) is 5.92 Å². The minimum atomic E-state index is 0.683. The lowest BCUT2D eigenvalue weighted by molar-refractivity contribution is 0.654. The lowest BCUT2D eigenvalue weighted by Gasteiger charge is -2.09. The van der Waals surface area contributed by atoms with Crippen LogP contribution in [0.5, 0.6) is 0 Å². The smallest absolute Gasteiger partial charge is 0.0426 e. The monoisotopic (exact) mass is 320 g/mol. The van der Waals surface area contributed by atoms with Crippen LogP contribution in [0.2, 0.25) is 0 Å². The lowest BCUT2D eigenvalue weighted by Crippen LogP contribution is -1.89. The Morgan fingerprint density at radius 1 is 0.783 bits per heavy atom. The van der Waals surface area contributed by atoms with Crippen LogP contribution in [-0.2, 0) is 6.42 Å². The molecule has 0 aliphatic carbocycles. The molecule has 0 saturated carbocycles. The summed E-state index contributed by atoms with van der Waals surface area (Å²) in [5.41, 5.74) is 6.80. The fourth-order valence-electron chi connectivity index (χ4n) is 3.05. The average Bonchev–Trinajstić information content (AvgIpc) is 2.90. The maximum absolute atomic E-state index is 2.41. The summed E-state index contributed by atoms with van der Waals surface area (Å²) in [5.74, 6) is 0.683. The van der Waals surface area contributed by atoms with E-state index in [1.807, 2.05) is 11.3 Å². The van der Waals surface area contributed by atoms with Gasteiger partial charge in [-0.3, -0.25) is 0 Å². The Balaban J connectivity index is 2.20. The molecule has 23 heavy (non-hydrogen) atoms. The van der Waals surface area contributed by atoms with E-state index in [1.165, 1.54) is 37.6 Å². The number of rotatable bonds is 4. The van der Waals surface area contributed by atoms with E-state index in [9.17, 15) is 0 Å². The summed E-state index contributed by atoms with van der Waals surface area (Å²) in [6.45, 7) is 9.00. The molecule has 118 valence electrons. The average molecular weight is 321 g/mol. The van der Waals surface area contributed by atoms with Crippen molar-refractivity contribution in [2.75, 3.05) is 0 Å². The summed E-state index contributed by atoms with van der Waals surface area (Å²) < 4.78 is 0. The molecule has 0 N–H and O–H groups in total. The van der Waals surface area contributed by atoms with Crippen molar-refractivity contribution in [3.05, 3.63) is 70.6 Å². The van der Waals surface area contributed by atoms with Gasteiger partial charge in [0.1, 0.15) is 0 Å². The van der Waals surface area contributed by atoms with Crippen LogP contribution in [0, 0.1) is 19.8 Å². The molecule has 0 amide bonds. The molecule has 1 heterocycles. The van der Waals surface area contributed by atoms with Gasteiger partial charge < -0.3 is 0 Å². The van der Waals surface area contributed by atoms with Crippen LogP contribution in [0.3, 0.4) is 0 Å². The third kappa shape index (κ3) is 3.40. The van der Waals surface area contributed by atoms with Crippen molar-refractivity contribution in [2.45, 2.75) is 34.1 Å². The van der Waals surface area contributed by atoms with Gasteiger partial charge in [0, 0.05) is 15.3 Å². The van der Waals surface area contributed by atoms with Gasteiger partial charge in [-0.2, -0.15) is 0 Å². The van der Waals surface area contributed by atoms with Gasteiger partial charge in [-0.25, -0.2) is 0 Å². The van der Waals surface area contributed by atoms with Crippen molar-refractivity contribution >= 4 is 11.3 Å². The van der Waals surface area contributed by atoms with E-state index < -0.39 is 0 Å². The topological polar surface area (TPSA) is 0 Å². The van der Waals surface area contributed by atoms with Crippen LogP contribution in [0.1, 0.15) is 29.9 Å². The highest BCUT2D eigenvalue weighted by Crippen LogP contribution is 2.42. The van der Waals surface area contributed by atoms with E-state index >= 15 is 0 Å². The molecule has 0 aliphatic heterocycles. The Bertz CT molecular complexity index is 745. The highest BCUT2D eigenvalue weighted by Gasteiger charge is 2.16. The van der Waals surface area contributed by atoms with Gasteiger partial charge in [0.05, 0.1) is 0 Å². The van der Waals surface area contributed by atoms with Gasteiger partial charge in [0.2, 0.25) is 0 Å². The summed E-state index contributed by atoms with van der Waals surface area (Å²) in [5, 5.41) is 0. The molecular formula is C22H24S. The van der Waals surface area contributed by atoms with E-state index in [-0.39, 0.29) is 0 Å². The fourth-order valence-corrected chi connectivity index (χ4v) is 4.52. The maximum atomic E-state index is 2.41. The first-order valence-electron chi connectivity index (χ1n) is 8.31. The molecule has 0 radical (unpaired) electrons. The Hall–Kier alpha value is -1.86. The predicted octanol–water partition coefficient (Wildman–Crippen LogP) is 6.90. The first-order chi connectivity index (χ1) is 11.1. The second-order valence-electron chi connectivity index (χ2n) is 6.68. The Kier molecular flexibility index (Phi) is 4.68. The van der Waals surface area contributed by atoms with E-state index in [0.29, 0.717) is 5.92 Å². The van der Waals surface area contributed by atoms with E-state index in [1.54, 1.807) is 0 Å². The van der Waals surface area contributed by atoms with E-state index in [4.69, 9.17) is 0 Å². The molecule has 0 atom stereocenters. The molecule has 2 aromatic carbocycles. The molecule has 0 bridgehead atoms. The van der Waals surface area contributed by atoms with Crippen molar-refractivity contribution in [3.63, 3.8) is 0 Å². The van der Waals surface area contributed by atoms with Crippen LogP contribution in [-0.4, -0.2) is 0 Å². The molecule has 1 heteroatoms. The number of thiophene rings is 1. The SMILES string of the molecule is Cc1ccccc1-c1cc(CC(C)C)sc1-c1ccccc1C. The van der Waals surface area contributed by atoms with Gasteiger partial charge in [0.15, 0.2) is 0 Å². The molecule has 0 nitrogen and oxygen atoms in total. The highest BCUT2D eigenvalue weighted by atomic mass is 32.1. The molecule has 3 rings (SSSR count). The van der Waals surface area contributed by atoms with Crippen LogP contribution in [0.25, 0.3) is 21.6 Å². The third-order valence-electron chi connectivity index (χ3n) is 4.22. The number of aryl methyl sites for hydroxylation is 2. The fraction of sp³-hybridized carbons (Fsp3) is 0.273. The lowest BCUT2D eigenvalue weighted by atomic mass is 9.96. The van der Waals surface area contributed by atoms with Gasteiger partial charge in [-0.1, -0.05) is 62.4 Å². The van der Waals surface area contributed by atoms with E-state index in [2.05, 4.69) is 82.3 Å². The predicted molar refractivity (Wildman–Crippen MR) is 103 cm³/mol. The van der Waals surface area contributed by atoms with Gasteiger partial charge in [0.25, 0.3) is 0 Å². The molecular weight excluding hydrogens is 296 g/mol. The molecule has 0 unspecified atom stereocenters. The Morgan fingerprint density at radius 2 is 1.35 bits per heavy atom. The molecule has 0 saturated heterocycles. The van der Waals surface area contributed by atoms with Crippen molar-refractivity contribution in [1.82, 2.24) is 0 Å². The first kappa shape index (κ1) is 16.0. The number of benzene rings is 2. The van der Waals surface area contributed by atoms with Crippen LogP contribution in [0.4, 0.5) is 0 Å². The Morgan fingerprint density at radius 3 is 1.91 bits per heavy atom. The maximum Gasteiger partial charge on any atom is 0.0426 e. The van der Waals surface area contributed by atoms with Gasteiger partial charge in [-0.05, 0) is 54.5 Å². The summed E-state index contributed by atoms with van der Waals surface area (Å²) >= 11 is 1.96. The normalized spacial score (nSPS) is 11.2. The van der Waals surface area contributed by atoms with Crippen LogP contribution >= 0.6 is 11.3 Å². The minimum Gasteiger partial charge on any atom is -0.140 e. The van der Waals surface area contributed by atoms with Crippen LogP contribution in [0.15, 0.2) is 54.6 Å². The number of hydrogen-bond donors (Lipinski definition) is 0. The number of hydrogen-bond acceptors (Lipinski definition) is 1. The first-order valence-corrected chi connectivity index (χ1v) is 9.12. The van der Waals surface area contributed by atoms with Crippen molar-refractivity contribution in [3.8, 4) is 21.6 Å². The molecule has 0 aliphatic rings. The largest absolute Gasteiger partial charge is 0.140 e. The van der Waals surface area contributed by atoms with E-state index in [0.717, 1.165) is 6.42 Å². The minimum absolute atomic E-state index is 0.683. The second-order valence-corrected chi connectivity index (χ2v) is 7.82. The Labute approximate surface area is 143 Å². The zero-order valence-corrected chi connectivity index (χ0v) is 15.2. The summed E-state index contributed by atoms with van der Waals surface area (Å²) in [6, 6.07) is 19.9. The standard InChI is InChI=1S/C22H24S/c1-15(2)13-18-14-21(19-11-7-5-9-16(19)3)22(23-18)20-12-8-6-10-17(20)4/h5-12,14-15H,13H2,1-4H3. The molecule has 0 spiro atoms. The van der Waals surface area contributed by atoms with Crippen LogP contribution < -0.4 is 0 Å². The highest BCUT2D eigenvalue weighted by molar-refractivity contribution is 7.16. The quantitative estimate of drug-likeness (QED) is 0.490. The summed E-state index contributed by atoms with van der Waals surface area (Å²) in [7, 11) is 0. The zero-order valence-electron chi connectivity index (χ0n) is 14.4. The third-order valence-corrected chi connectivity index (χ3v) is 5.41.